The van der Waals surface area contributed by atoms with Crippen LogP contribution in [0.5, 0.6) is 5.75 Å². The maximum absolute atomic E-state index is 5.56. The van der Waals surface area contributed by atoms with Gasteiger partial charge in [0.2, 0.25) is 0 Å². The van der Waals surface area contributed by atoms with Crippen molar-refractivity contribution in [3.63, 3.8) is 0 Å². The minimum atomic E-state index is 0.500. The third-order valence-corrected chi connectivity index (χ3v) is 4.82. The molecule has 0 amide bonds. The van der Waals surface area contributed by atoms with Gasteiger partial charge in [-0.2, -0.15) is 5.10 Å². The fourth-order valence-corrected chi connectivity index (χ4v) is 3.50. The summed E-state index contributed by atoms with van der Waals surface area (Å²) >= 11 is 0. The van der Waals surface area contributed by atoms with Gasteiger partial charge >= 0.3 is 0 Å². The third-order valence-electron chi connectivity index (χ3n) is 4.82. The Morgan fingerprint density at radius 1 is 1.20 bits per heavy atom. The Kier molecular flexibility index (Phi) is 4.61. The molecule has 130 valence electrons. The first-order valence-corrected chi connectivity index (χ1v) is 8.92. The molecule has 4 rings (SSSR count). The molecule has 0 unspecified atom stereocenters. The molecule has 1 fully saturated rings. The molecule has 1 aromatic carbocycles. The van der Waals surface area contributed by atoms with Crippen molar-refractivity contribution in [1.82, 2.24) is 25.1 Å². The van der Waals surface area contributed by atoms with Crippen molar-refractivity contribution in [3.05, 3.63) is 48.2 Å². The number of ether oxygens (including phenoxy) is 1. The van der Waals surface area contributed by atoms with Gasteiger partial charge in [-0.15, -0.1) is 0 Å². The van der Waals surface area contributed by atoms with E-state index >= 15 is 0 Å². The monoisotopic (exact) mass is 337 g/mol. The third kappa shape index (κ3) is 3.64. The van der Waals surface area contributed by atoms with E-state index in [-0.39, 0.29) is 0 Å². The number of pyridine rings is 1. The number of rotatable bonds is 5. The molecular weight excluding hydrogens is 314 g/mol. The van der Waals surface area contributed by atoms with Gasteiger partial charge in [0.1, 0.15) is 17.9 Å². The Labute approximate surface area is 147 Å². The molecule has 0 atom stereocenters. The van der Waals surface area contributed by atoms with Crippen molar-refractivity contribution in [3.8, 4) is 5.75 Å². The van der Waals surface area contributed by atoms with Crippen LogP contribution in [-0.4, -0.2) is 44.8 Å². The summed E-state index contributed by atoms with van der Waals surface area (Å²) in [5.41, 5.74) is 2.15. The first-order valence-electron chi connectivity index (χ1n) is 8.92. The maximum Gasteiger partial charge on any atom is 0.137 e. The lowest BCUT2D eigenvalue weighted by atomic mass is 9.96. The van der Waals surface area contributed by atoms with Crippen LogP contribution in [0.3, 0.4) is 0 Å². The van der Waals surface area contributed by atoms with E-state index < -0.39 is 0 Å². The summed E-state index contributed by atoms with van der Waals surface area (Å²) in [5, 5.41) is 8.09. The number of piperidine rings is 1. The normalized spacial score (nSPS) is 16.4. The van der Waals surface area contributed by atoms with E-state index in [1.54, 1.807) is 6.33 Å². The molecule has 25 heavy (non-hydrogen) atoms. The molecule has 0 spiro atoms. The molecule has 3 heterocycles. The Balaban J connectivity index is 1.40. The van der Waals surface area contributed by atoms with E-state index in [0.29, 0.717) is 12.5 Å². The number of nitrogens with one attached hydrogen (secondary N) is 1. The zero-order chi connectivity index (χ0) is 17.1. The number of benzene rings is 1. The molecule has 1 aliphatic rings. The summed E-state index contributed by atoms with van der Waals surface area (Å²) in [6.45, 7) is 5.70. The average molecular weight is 337 g/mol. The van der Waals surface area contributed by atoms with Crippen molar-refractivity contribution < 1.29 is 4.74 Å². The van der Waals surface area contributed by atoms with Crippen LogP contribution in [0.2, 0.25) is 0 Å². The predicted molar refractivity (Wildman–Crippen MR) is 96.5 cm³/mol. The van der Waals surface area contributed by atoms with Crippen LogP contribution in [0.4, 0.5) is 0 Å². The van der Waals surface area contributed by atoms with Crippen LogP contribution >= 0.6 is 0 Å². The van der Waals surface area contributed by atoms with Gasteiger partial charge in [0, 0.05) is 17.8 Å². The van der Waals surface area contributed by atoms with Crippen molar-refractivity contribution >= 4 is 10.9 Å². The van der Waals surface area contributed by atoms with Gasteiger partial charge in [0.05, 0.1) is 17.8 Å². The van der Waals surface area contributed by atoms with E-state index in [2.05, 4.69) is 38.3 Å². The van der Waals surface area contributed by atoms with E-state index in [1.807, 2.05) is 19.1 Å². The van der Waals surface area contributed by atoms with Gasteiger partial charge in [-0.05, 0) is 57.1 Å². The summed E-state index contributed by atoms with van der Waals surface area (Å²) in [6, 6.07) is 10.4. The zero-order valence-corrected chi connectivity index (χ0v) is 14.5. The highest BCUT2D eigenvalue weighted by molar-refractivity contribution is 5.80. The highest BCUT2D eigenvalue weighted by atomic mass is 16.5. The highest BCUT2D eigenvalue weighted by Gasteiger charge is 2.22. The number of H-pyrrole nitrogens is 1. The van der Waals surface area contributed by atoms with Crippen LogP contribution in [0.15, 0.2) is 36.7 Å². The Hall–Kier alpha value is -2.47. The SMILES string of the molecule is CCOc1ccc2nc(CN3CCC(c4ncn[nH]4)CC3)ccc2c1. The molecule has 0 aliphatic carbocycles. The summed E-state index contributed by atoms with van der Waals surface area (Å²) in [6.07, 6.45) is 3.82. The topological polar surface area (TPSA) is 66.9 Å². The largest absolute Gasteiger partial charge is 0.494 e. The lowest BCUT2D eigenvalue weighted by molar-refractivity contribution is 0.200. The molecule has 1 saturated heterocycles. The van der Waals surface area contributed by atoms with Gasteiger partial charge < -0.3 is 4.74 Å². The quantitative estimate of drug-likeness (QED) is 0.775. The summed E-state index contributed by atoms with van der Waals surface area (Å²) in [7, 11) is 0. The molecular formula is C19H23N5O. The van der Waals surface area contributed by atoms with Crippen molar-refractivity contribution in [2.75, 3.05) is 19.7 Å². The van der Waals surface area contributed by atoms with E-state index in [1.165, 1.54) is 0 Å². The predicted octanol–water partition coefficient (Wildman–Crippen LogP) is 3.13. The van der Waals surface area contributed by atoms with Crippen molar-refractivity contribution in [1.29, 1.82) is 0 Å². The van der Waals surface area contributed by atoms with Gasteiger partial charge in [-0.1, -0.05) is 6.07 Å². The zero-order valence-electron chi connectivity index (χ0n) is 14.5. The first-order chi connectivity index (χ1) is 12.3. The van der Waals surface area contributed by atoms with Gasteiger partial charge in [-0.3, -0.25) is 15.0 Å². The molecule has 1 N–H and O–H groups in total. The molecule has 6 heteroatoms. The second-order valence-electron chi connectivity index (χ2n) is 6.51. The summed E-state index contributed by atoms with van der Waals surface area (Å²) in [4.78, 5) is 11.6. The maximum atomic E-state index is 5.56. The summed E-state index contributed by atoms with van der Waals surface area (Å²) < 4.78 is 5.56. The van der Waals surface area contributed by atoms with Gasteiger partial charge in [0.25, 0.3) is 0 Å². The molecule has 1 aliphatic heterocycles. The minimum Gasteiger partial charge on any atom is -0.494 e. The Morgan fingerprint density at radius 3 is 2.84 bits per heavy atom. The number of hydrogen-bond donors (Lipinski definition) is 1. The number of hydrogen-bond acceptors (Lipinski definition) is 5. The van der Waals surface area contributed by atoms with Crippen LogP contribution in [-0.2, 0) is 6.54 Å². The Morgan fingerprint density at radius 2 is 2.08 bits per heavy atom. The Bertz CT molecular complexity index is 825. The van der Waals surface area contributed by atoms with Crippen LogP contribution in [0.25, 0.3) is 10.9 Å². The highest BCUT2D eigenvalue weighted by Crippen LogP contribution is 2.26. The average Bonchev–Trinajstić information content (AvgIpc) is 3.17. The number of nitrogens with zero attached hydrogens (tertiary/aromatic N) is 4. The molecule has 0 saturated carbocycles. The van der Waals surface area contributed by atoms with E-state index in [0.717, 1.165) is 60.6 Å². The molecule has 6 nitrogen and oxygen atoms in total. The molecule has 0 radical (unpaired) electrons. The number of aromatic amines is 1. The molecule has 2 aromatic heterocycles. The van der Waals surface area contributed by atoms with Gasteiger partial charge in [0.15, 0.2) is 0 Å². The molecule has 3 aromatic rings. The lowest BCUT2D eigenvalue weighted by Crippen LogP contribution is -2.33. The number of likely N-dealkylation sites (tertiary alicyclic amines) is 1. The first kappa shape index (κ1) is 16.0. The van der Waals surface area contributed by atoms with Crippen LogP contribution in [0, 0.1) is 0 Å². The van der Waals surface area contributed by atoms with Crippen molar-refractivity contribution in [2.45, 2.75) is 32.2 Å². The number of fused-ring (bicyclic) bond motifs is 1. The second kappa shape index (κ2) is 7.19. The second-order valence-corrected chi connectivity index (χ2v) is 6.51. The smallest absolute Gasteiger partial charge is 0.137 e. The minimum absolute atomic E-state index is 0.500. The van der Waals surface area contributed by atoms with Crippen LogP contribution in [0.1, 0.15) is 37.2 Å². The fourth-order valence-electron chi connectivity index (χ4n) is 3.50. The standard InChI is InChI=1S/C19H23N5O/c1-2-25-17-5-6-18-15(11-17)3-4-16(22-18)12-24-9-7-14(8-10-24)19-20-13-21-23-19/h3-6,11,13-14H,2,7-10,12H2,1H3,(H,20,21,23). The van der Waals surface area contributed by atoms with Gasteiger partial charge in [-0.25, -0.2) is 4.98 Å². The van der Waals surface area contributed by atoms with Crippen molar-refractivity contribution in [2.24, 2.45) is 0 Å². The summed E-state index contributed by atoms with van der Waals surface area (Å²) in [5.74, 6) is 2.42. The van der Waals surface area contributed by atoms with E-state index in [9.17, 15) is 0 Å². The van der Waals surface area contributed by atoms with E-state index in [4.69, 9.17) is 9.72 Å². The fraction of sp³-hybridized carbons (Fsp3) is 0.421. The van der Waals surface area contributed by atoms with Crippen LogP contribution < -0.4 is 4.74 Å². The molecule has 0 bridgehead atoms. The lowest BCUT2D eigenvalue weighted by Gasteiger charge is -2.30. The number of aromatic nitrogens is 4.